The lowest BCUT2D eigenvalue weighted by molar-refractivity contribution is 0.0725. The van der Waals surface area contributed by atoms with Crippen LogP contribution in [0, 0.1) is 0 Å². The Morgan fingerprint density at radius 1 is 1.30 bits per heavy atom. The summed E-state index contributed by atoms with van der Waals surface area (Å²) in [6.07, 6.45) is 1.30. The predicted molar refractivity (Wildman–Crippen MR) is 82.5 cm³/mol. The molecule has 2 rings (SSSR count). The standard InChI is InChI=1S/C15H24N2O2S/c1-15(2)12-16-14(13-7-5-4-6-8-13)11-17(15)9-10-20(3,18)19/h4-8,14,16H,9-12H2,1-3H3. The van der Waals surface area contributed by atoms with Crippen LogP contribution in [-0.4, -0.2) is 50.5 Å². The van der Waals surface area contributed by atoms with Crippen molar-refractivity contribution >= 4 is 9.84 Å². The number of sulfone groups is 1. The summed E-state index contributed by atoms with van der Waals surface area (Å²) in [7, 11) is -2.92. The second kappa shape index (κ2) is 5.84. The largest absolute Gasteiger partial charge is 0.307 e. The van der Waals surface area contributed by atoms with Crippen LogP contribution in [0.1, 0.15) is 25.5 Å². The van der Waals surface area contributed by atoms with E-state index in [9.17, 15) is 8.42 Å². The molecule has 1 atom stereocenters. The maximum atomic E-state index is 11.4. The first-order chi connectivity index (χ1) is 9.28. The average Bonchev–Trinajstić information content (AvgIpc) is 2.37. The molecule has 1 fully saturated rings. The number of hydrogen-bond donors (Lipinski definition) is 1. The predicted octanol–water partition coefficient (Wildman–Crippen LogP) is 1.46. The van der Waals surface area contributed by atoms with Gasteiger partial charge in [0.2, 0.25) is 0 Å². The minimum Gasteiger partial charge on any atom is -0.307 e. The van der Waals surface area contributed by atoms with Crippen LogP contribution < -0.4 is 5.32 Å². The summed E-state index contributed by atoms with van der Waals surface area (Å²) in [6, 6.07) is 10.6. The smallest absolute Gasteiger partial charge is 0.148 e. The average molecular weight is 296 g/mol. The monoisotopic (exact) mass is 296 g/mol. The topological polar surface area (TPSA) is 49.4 Å². The molecule has 4 nitrogen and oxygen atoms in total. The number of nitrogens with one attached hydrogen (secondary N) is 1. The van der Waals surface area contributed by atoms with Gasteiger partial charge in [0.15, 0.2) is 0 Å². The van der Waals surface area contributed by atoms with Gasteiger partial charge in [-0.15, -0.1) is 0 Å². The molecule has 1 unspecified atom stereocenters. The number of benzene rings is 1. The van der Waals surface area contributed by atoms with E-state index in [1.54, 1.807) is 0 Å². The molecule has 0 saturated carbocycles. The molecule has 0 amide bonds. The zero-order valence-corrected chi connectivity index (χ0v) is 13.3. The molecule has 1 N–H and O–H groups in total. The lowest BCUT2D eigenvalue weighted by Crippen LogP contribution is -2.59. The van der Waals surface area contributed by atoms with Crippen LogP contribution in [0.25, 0.3) is 0 Å². The lowest BCUT2D eigenvalue weighted by Gasteiger charge is -2.46. The second-order valence-electron chi connectivity index (χ2n) is 6.23. The van der Waals surface area contributed by atoms with Crippen LogP contribution in [0.2, 0.25) is 0 Å². The second-order valence-corrected chi connectivity index (χ2v) is 8.49. The van der Waals surface area contributed by atoms with Crippen molar-refractivity contribution in [1.82, 2.24) is 10.2 Å². The SMILES string of the molecule is CC1(C)CNC(c2ccccc2)CN1CCS(C)(=O)=O. The minimum atomic E-state index is -2.92. The molecule has 0 bridgehead atoms. The van der Waals surface area contributed by atoms with Gasteiger partial charge in [-0.25, -0.2) is 8.42 Å². The van der Waals surface area contributed by atoms with E-state index >= 15 is 0 Å². The molecule has 1 aliphatic rings. The van der Waals surface area contributed by atoms with Crippen LogP contribution in [0.4, 0.5) is 0 Å². The molecule has 5 heteroatoms. The zero-order valence-electron chi connectivity index (χ0n) is 12.5. The fourth-order valence-corrected chi connectivity index (χ4v) is 3.15. The third-order valence-electron chi connectivity index (χ3n) is 3.97. The van der Waals surface area contributed by atoms with Gasteiger partial charge in [0.1, 0.15) is 9.84 Å². The van der Waals surface area contributed by atoms with Gasteiger partial charge in [-0.1, -0.05) is 30.3 Å². The Labute approximate surface area is 122 Å². The highest BCUT2D eigenvalue weighted by atomic mass is 32.2. The van der Waals surface area contributed by atoms with Gasteiger partial charge in [-0.3, -0.25) is 4.90 Å². The first-order valence-corrected chi connectivity index (χ1v) is 9.05. The number of piperazine rings is 1. The molecule has 112 valence electrons. The van der Waals surface area contributed by atoms with Crippen molar-refractivity contribution in [3.63, 3.8) is 0 Å². The maximum Gasteiger partial charge on any atom is 0.148 e. The summed E-state index contributed by atoms with van der Waals surface area (Å²) in [6.45, 7) is 6.60. The molecular formula is C15H24N2O2S. The fourth-order valence-electron chi connectivity index (χ4n) is 2.60. The maximum absolute atomic E-state index is 11.4. The summed E-state index contributed by atoms with van der Waals surface area (Å²) < 4.78 is 22.8. The molecular weight excluding hydrogens is 272 g/mol. The Bertz CT molecular complexity index is 540. The Kier molecular flexibility index (Phi) is 4.52. The highest BCUT2D eigenvalue weighted by Crippen LogP contribution is 2.25. The van der Waals surface area contributed by atoms with Crippen molar-refractivity contribution in [3.05, 3.63) is 35.9 Å². The third-order valence-corrected chi connectivity index (χ3v) is 4.90. The van der Waals surface area contributed by atoms with Crippen LogP contribution in [-0.2, 0) is 9.84 Å². The lowest BCUT2D eigenvalue weighted by atomic mass is 9.94. The Balaban J connectivity index is 2.08. The van der Waals surface area contributed by atoms with Crippen molar-refractivity contribution in [2.24, 2.45) is 0 Å². The molecule has 1 aromatic carbocycles. The van der Waals surface area contributed by atoms with E-state index in [0.29, 0.717) is 6.54 Å². The Hall–Kier alpha value is -0.910. The van der Waals surface area contributed by atoms with E-state index in [1.807, 2.05) is 18.2 Å². The summed E-state index contributed by atoms with van der Waals surface area (Å²) in [5, 5.41) is 3.56. The minimum absolute atomic E-state index is 0.0179. The summed E-state index contributed by atoms with van der Waals surface area (Å²) in [4.78, 5) is 2.28. The number of hydrogen-bond acceptors (Lipinski definition) is 4. The normalized spacial score (nSPS) is 23.6. The van der Waals surface area contributed by atoms with Gasteiger partial charge in [-0.2, -0.15) is 0 Å². The Morgan fingerprint density at radius 3 is 2.55 bits per heavy atom. The molecule has 20 heavy (non-hydrogen) atoms. The van der Waals surface area contributed by atoms with Gasteiger partial charge >= 0.3 is 0 Å². The summed E-state index contributed by atoms with van der Waals surface area (Å²) in [5.41, 5.74) is 1.24. The molecule has 1 aliphatic heterocycles. The highest BCUT2D eigenvalue weighted by Gasteiger charge is 2.34. The first kappa shape index (κ1) is 15.5. The highest BCUT2D eigenvalue weighted by molar-refractivity contribution is 7.90. The summed E-state index contributed by atoms with van der Waals surface area (Å²) >= 11 is 0. The van der Waals surface area contributed by atoms with Gasteiger partial charge in [0, 0.05) is 37.5 Å². The van der Waals surface area contributed by atoms with Gasteiger partial charge in [0.25, 0.3) is 0 Å². The van der Waals surface area contributed by atoms with E-state index in [4.69, 9.17) is 0 Å². The van der Waals surface area contributed by atoms with Crippen molar-refractivity contribution in [2.75, 3.05) is 31.6 Å². The quantitative estimate of drug-likeness (QED) is 0.914. The third kappa shape index (κ3) is 4.04. The molecule has 1 heterocycles. The van der Waals surface area contributed by atoms with E-state index in [-0.39, 0.29) is 17.3 Å². The van der Waals surface area contributed by atoms with Crippen LogP contribution >= 0.6 is 0 Å². The van der Waals surface area contributed by atoms with E-state index in [0.717, 1.165) is 13.1 Å². The van der Waals surface area contributed by atoms with Crippen molar-refractivity contribution in [3.8, 4) is 0 Å². The van der Waals surface area contributed by atoms with Gasteiger partial charge in [0.05, 0.1) is 5.75 Å². The van der Waals surface area contributed by atoms with E-state index < -0.39 is 9.84 Å². The molecule has 1 saturated heterocycles. The van der Waals surface area contributed by atoms with Crippen LogP contribution in [0.3, 0.4) is 0 Å². The van der Waals surface area contributed by atoms with Gasteiger partial charge in [-0.05, 0) is 19.4 Å². The number of nitrogens with zero attached hydrogens (tertiary/aromatic N) is 1. The molecule has 0 spiro atoms. The fraction of sp³-hybridized carbons (Fsp3) is 0.600. The molecule has 1 aromatic rings. The molecule has 0 aromatic heterocycles. The first-order valence-electron chi connectivity index (χ1n) is 6.99. The van der Waals surface area contributed by atoms with Crippen molar-refractivity contribution in [1.29, 1.82) is 0 Å². The molecule has 0 aliphatic carbocycles. The number of rotatable bonds is 4. The summed E-state index contributed by atoms with van der Waals surface area (Å²) in [5.74, 6) is 0.220. The van der Waals surface area contributed by atoms with E-state index in [1.165, 1.54) is 11.8 Å². The zero-order chi connectivity index (χ0) is 14.8. The molecule has 0 radical (unpaired) electrons. The van der Waals surface area contributed by atoms with Crippen molar-refractivity contribution < 1.29 is 8.42 Å². The Morgan fingerprint density at radius 2 is 1.95 bits per heavy atom. The van der Waals surface area contributed by atoms with Crippen LogP contribution in [0.15, 0.2) is 30.3 Å². The van der Waals surface area contributed by atoms with Crippen molar-refractivity contribution in [2.45, 2.75) is 25.4 Å². The van der Waals surface area contributed by atoms with Gasteiger partial charge < -0.3 is 5.32 Å². The van der Waals surface area contributed by atoms with Crippen LogP contribution in [0.5, 0.6) is 0 Å². The van der Waals surface area contributed by atoms with E-state index in [2.05, 4.69) is 36.2 Å².